The van der Waals surface area contributed by atoms with Crippen LogP contribution < -0.4 is 5.32 Å². The van der Waals surface area contributed by atoms with E-state index in [1.807, 2.05) is 11.8 Å². The molecule has 0 aliphatic carbocycles. The molecule has 1 aliphatic heterocycles. The van der Waals surface area contributed by atoms with E-state index in [1.54, 1.807) is 0 Å². The molecule has 1 N–H and O–H groups in total. The van der Waals surface area contributed by atoms with Gasteiger partial charge >= 0.3 is 0 Å². The van der Waals surface area contributed by atoms with Gasteiger partial charge in [-0.2, -0.15) is 0 Å². The van der Waals surface area contributed by atoms with E-state index in [9.17, 15) is 0 Å². The number of aliphatic imine (C=N–C) groups is 1. The lowest BCUT2D eigenvalue weighted by Gasteiger charge is -2.26. The van der Waals surface area contributed by atoms with Gasteiger partial charge in [-0.25, -0.2) is 0 Å². The Bertz CT molecular complexity index is 450. The van der Waals surface area contributed by atoms with Crippen molar-refractivity contribution in [3.05, 3.63) is 29.3 Å². The second-order valence-corrected chi connectivity index (χ2v) is 6.35. The van der Waals surface area contributed by atoms with Crippen LogP contribution >= 0.6 is 11.8 Å². The summed E-state index contributed by atoms with van der Waals surface area (Å²) in [7, 11) is 0. The maximum atomic E-state index is 4.74. The fraction of sp³-hybridized carbons (Fsp3) is 0.500. The Morgan fingerprint density at radius 2 is 2.06 bits per heavy atom. The molecule has 1 aromatic rings. The second-order valence-electron chi connectivity index (χ2n) is 5.27. The summed E-state index contributed by atoms with van der Waals surface area (Å²) >= 11 is 1.81. The van der Waals surface area contributed by atoms with Crippen molar-refractivity contribution in [3.63, 3.8) is 0 Å². The molecule has 2 nitrogen and oxygen atoms in total. The van der Waals surface area contributed by atoms with Crippen LogP contribution in [0.4, 0.5) is 5.69 Å². The molecule has 0 aromatic heterocycles. The van der Waals surface area contributed by atoms with Gasteiger partial charge in [-0.3, -0.25) is 4.99 Å². The number of nitrogens with zero attached hydrogens (tertiary/aromatic N) is 1. The molecule has 0 spiro atoms. The van der Waals surface area contributed by atoms with Crippen LogP contribution in [0, 0.1) is 13.8 Å². The number of hydrogen-bond acceptors (Lipinski definition) is 3. The van der Waals surface area contributed by atoms with Gasteiger partial charge < -0.3 is 5.32 Å². The fourth-order valence-corrected chi connectivity index (χ4v) is 3.18. The highest BCUT2D eigenvalue weighted by atomic mass is 32.2. The van der Waals surface area contributed by atoms with E-state index in [0.29, 0.717) is 0 Å². The maximum absolute atomic E-state index is 4.74. The predicted octanol–water partition coefficient (Wildman–Crippen LogP) is 3.99. The van der Waals surface area contributed by atoms with Gasteiger partial charge in [0.25, 0.3) is 0 Å². The van der Waals surface area contributed by atoms with Crippen molar-refractivity contribution in [1.82, 2.24) is 0 Å². The zero-order chi connectivity index (χ0) is 12.5. The van der Waals surface area contributed by atoms with Gasteiger partial charge in [0.2, 0.25) is 0 Å². The minimum atomic E-state index is 0.0756. The molecular formula is C14H20N2S. The lowest BCUT2D eigenvalue weighted by atomic mass is 10.0. The molecule has 3 heteroatoms. The number of nitrogens with one attached hydrogen (secondary N) is 1. The highest BCUT2D eigenvalue weighted by Gasteiger charge is 2.22. The minimum Gasteiger partial charge on any atom is -0.335 e. The third kappa shape index (κ3) is 3.25. The number of amidine groups is 1. The number of benzene rings is 1. The average Bonchev–Trinajstić information content (AvgIpc) is 2.21. The largest absolute Gasteiger partial charge is 0.335 e. The first-order chi connectivity index (χ1) is 7.96. The van der Waals surface area contributed by atoms with E-state index < -0.39 is 0 Å². The summed E-state index contributed by atoms with van der Waals surface area (Å²) in [6.07, 6.45) is 1.15. The molecule has 0 bridgehead atoms. The zero-order valence-corrected chi connectivity index (χ0v) is 11.8. The summed E-state index contributed by atoms with van der Waals surface area (Å²) < 4.78 is 0. The molecule has 1 aliphatic rings. The van der Waals surface area contributed by atoms with Crippen LogP contribution in [0.25, 0.3) is 0 Å². The number of hydrogen-bond donors (Lipinski definition) is 1. The van der Waals surface area contributed by atoms with E-state index >= 15 is 0 Å². The van der Waals surface area contributed by atoms with Crippen LogP contribution in [0.15, 0.2) is 23.2 Å². The predicted molar refractivity (Wildman–Crippen MR) is 78.1 cm³/mol. The van der Waals surface area contributed by atoms with Crippen molar-refractivity contribution in [2.45, 2.75) is 39.7 Å². The molecule has 0 atom stereocenters. The molecule has 0 unspecified atom stereocenters. The van der Waals surface area contributed by atoms with E-state index in [4.69, 9.17) is 4.99 Å². The fourth-order valence-electron chi connectivity index (χ4n) is 1.89. The van der Waals surface area contributed by atoms with Crippen molar-refractivity contribution in [2.24, 2.45) is 4.99 Å². The molecule has 92 valence electrons. The van der Waals surface area contributed by atoms with E-state index in [-0.39, 0.29) is 5.54 Å². The Balaban J connectivity index is 2.18. The van der Waals surface area contributed by atoms with Crippen molar-refractivity contribution in [3.8, 4) is 0 Å². The Labute approximate surface area is 108 Å². The van der Waals surface area contributed by atoms with Crippen molar-refractivity contribution < 1.29 is 0 Å². The van der Waals surface area contributed by atoms with Crippen LogP contribution in [-0.2, 0) is 0 Å². The lowest BCUT2D eigenvalue weighted by molar-refractivity contribution is 0.507. The third-order valence-electron chi connectivity index (χ3n) is 2.98. The highest BCUT2D eigenvalue weighted by Crippen LogP contribution is 2.27. The van der Waals surface area contributed by atoms with Crippen molar-refractivity contribution in [1.29, 1.82) is 0 Å². The summed E-state index contributed by atoms with van der Waals surface area (Å²) in [5.74, 6) is 1.14. The highest BCUT2D eigenvalue weighted by molar-refractivity contribution is 8.14. The van der Waals surface area contributed by atoms with E-state index in [2.05, 4.69) is 51.2 Å². The van der Waals surface area contributed by atoms with Gasteiger partial charge in [-0.15, -0.1) is 0 Å². The standard InChI is InChI=1S/C14H20N2S/c1-10-5-6-12(11(2)9-10)15-13-16-14(3,4)7-8-17-13/h5-6,9H,7-8H2,1-4H3,(H,15,16). The van der Waals surface area contributed by atoms with Gasteiger partial charge in [0.1, 0.15) is 0 Å². The van der Waals surface area contributed by atoms with Gasteiger partial charge in [-0.05, 0) is 45.7 Å². The average molecular weight is 248 g/mol. The normalized spacial score (nSPS) is 18.7. The van der Waals surface area contributed by atoms with Gasteiger partial charge in [0, 0.05) is 11.4 Å². The van der Waals surface area contributed by atoms with Gasteiger partial charge in [-0.1, -0.05) is 29.5 Å². The first-order valence-corrected chi connectivity index (χ1v) is 7.02. The Morgan fingerprint density at radius 3 is 2.71 bits per heavy atom. The number of rotatable bonds is 1. The number of thioether (sulfide) groups is 1. The van der Waals surface area contributed by atoms with Crippen LogP contribution in [0.2, 0.25) is 0 Å². The topological polar surface area (TPSA) is 24.4 Å². The molecule has 0 radical (unpaired) electrons. The van der Waals surface area contributed by atoms with Crippen LogP contribution in [0.3, 0.4) is 0 Å². The molecule has 1 aromatic carbocycles. The van der Waals surface area contributed by atoms with Crippen LogP contribution in [0.5, 0.6) is 0 Å². The number of anilines is 1. The van der Waals surface area contributed by atoms with E-state index in [0.717, 1.165) is 17.3 Å². The van der Waals surface area contributed by atoms with Gasteiger partial charge in [0.15, 0.2) is 5.17 Å². The summed E-state index contributed by atoms with van der Waals surface area (Å²) in [4.78, 5) is 4.74. The molecule has 0 amide bonds. The van der Waals surface area contributed by atoms with Crippen LogP contribution in [0.1, 0.15) is 31.4 Å². The molecule has 0 saturated heterocycles. The molecule has 17 heavy (non-hydrogen) atoms. The smallest absolute Gasteiger partial charge is 0.161 e. The Morgan fingerprint density at radius 1 is 1.29 bits per heavy atom. The molecular weight excluding hydrogens is 228 g/mol. The van der Waals surface area contributed by atoms with Crippen LogP contribution in [-0.4, -0.2) is 16.5 Å². The van der Waals surface area contributed by atoms with Gasteiger partial charge in [0.05, 0.1) is 5.54 Å². The number of aryl methyl sites for hydroxylation is 2. The van der Waals surface area contributed by atoms with Crippen molar-refractivity contribution in [2.75, 3.05) is 11.1 Å². The van der Waals surface area contributed by atoms with E-state index in [1.165, 1.54) is 16.8 Å². The molecule has 2 rings (SSSR count). The quantitative estimate of drug-likeness (QED) is 0.812. The summed E-state index contributed by atoms with van der Waals surface area (Å²) in [6, 6.07) is 6.46. The zero-order valence-electron chi connectivity index (χ0n) is 11.0. The summed E-state index contributed by atoms with van der Waals surface area (Å²) in [5.41, 5.74) is 3.81. The first kappa shape index (κ1) is 12.5. The monoisotopic (exact) mass is 248 g/mol. The molecule has 0 saturated carbocycles. The lowest BCUT2D eigenvalue weighted by Crippen LogP contribution is -2.27. The summed E-state index contributed by atoms with van der Waals surface area (Å²) in [6.45, 7) is 8.63. The maximum Gasteiger partial charge on any atom is 0.161 e. The molecule has 1 heterocycles. The summed E-state index contributed by atoms with van der Waals surface area (Å²) in [5, 5.41) is 4.49. The third-order valence-corrected chi connectivity index (χ3v) is 3.86. The Hall–Kier alpha value is -0.960. The second kappa shape index (κ2) is 4.73. The minimum absolute atomic E-state index is 0.0756. The first-order valence-electron chi connectivity index (χ1n) is 6.03. The van der Waals surface area contributed by atoms with Crippen molar-refractivity contribution >= 4 is 22.6 Å². The molecule has 0 fully saturated rings. The Kier molecular flexibility index (Phi) is 3.48. The SMILES string of the molecule is Cc1ccc(NC2=NC(C)(C)CCS2)c(C)c1.